The Balaban J connectivity index is 1.66. The average molecular weight is 297 g/mol. The van der Waals surface area contributed by atoms with Crippen molar-refractivity contribution in [1.29, 1.82) is 0 Å². The molecule has 0 bridgehead atoms. The number of nitrogens with zero attached hydrogens (tertiary/aromatic N) is 1. The SMILES string of the molecule is O=C(NC1CCNCC1)c1cccc(Oc2ccncc2)c1. The van der Waals surface area contributed by atoms with Gasteiger partial charge in [0.15, 0.2) is 0 Å². The summed E-state index contributed by atoms with van der Waals surface area (Å²) in [6, 6.07) is 11.0. The number of amides is 1. The summed E-state index contributed by atoms with van der Waals surface area (Å²) in [4.78, 5) is 16.3. The Morgan fingerprint density at radius 3 is 2.68 bits per heavy atom. The zero-order valence-electron chi connectivity index (χ0n) is 12.3. The van der Waals surface area contributed by atoms with Crippen molar-refractivity contribution in [3.8, 4) is 11.5 Å². The van der Waals surface area contributed by atoms with E-state index in [2.05, 4.69) is 15.6 Å². The van der Waals surface area contributed by atoms with Crippen molar-refractivity contribution in [2.45, 2.75) is 18.9 Å². The normalized spacial score (nSPS) is 15.3. The molecule has 2 N–H and O–H groups in total. The van der Waals surface area contributed by atoms with Gasteiger partial charge in [-0.1, -0.05) is 6.07 Å². The Bertz CT molecular complexity index is 625. The molecule has 0 atom stereocenters. The summed E-state index contributed by atoms with van der Waals surface area (Å²) in [5.74, 6) is 1.29. The molecule has 1 saturated heterocycles. The highest BCUT2D eigenvalue weighted by atomic mass is 16.5. The Kier molecular flexibility index (Phi) is 4.65. The Morgan fingerprint density at radius 1 is 1.14 bits per heavy atom. The highest BCUT2D eigenvalue weighted by Gasteiger charge is 2.16. The van der Waals surface area contributed by atoms with Gasteiger partial charge >= 0.3 is 0 Å². The number of ether oxygens (including phenoxy) is 1. The van der Waals surface area contributed by atoms with Crippen LogP contribution in [0.25, 0.3) is 0 Å². The average Bonchev–Trinajstić information content (AvgIpc) is 2.57. The highest BCUT2D eigenvalue weighted by molar-refractivity contribution is 5.94. The molecule has 1 fully saturated rings. The van der Waals surface area contributed by atoms with Gasteiger partial charge in [0.05, 0.1) is 0 Å². The molecule has 114 valence electrons. The van der Waals surface area contributed by atoms with Gasteiger partial charge in [-0.05, 0) is 56.3 Å². The first-order valence-corrected chi connectivity index (χ1v) is 7.51. The quantitative estimate of drug-likeness (QED) is 0.909. The molecule has 22 heavy (non-hydrogen) atoms. The smallest absolute Gasteiger partial charge is 0.251 e. The fourth-order valence-electron chi connectivity index (χ4n) is 2.48. The molecule has 1 aliphatic heterocycles. The molecule has 2 heterocycles. The number of rotatable bonds is 4. The highest BCUT2D eigenvalue weighted by Crippen LogP contribution is 2.21. The van der Waals surface area contributed by atoms with Gasteiger partial charge in [-0.25, -0.2) is 0 Å². The third kappa shape index (κ3) is 3.83. The predicted molar refractivity (Wildman–Crippen MR) is 84.1 cm³/mol. The number of hydrogen-bond donors (Lipinski definition) is 2. The molecule has 5 heteroatoms. The number of pyridine rings is 1. The number of aromatic nitrogens is 1. The summed E-state index contributed by atoms with van der Waals surface area (Å²) in [7, 11) is 0. The van der Waals surface area contributed by atoms with Crippen molar-refractivity contribution in [3.63, 3.8) is 0 Å². The van der Waals surface area contributed by atoms with E-state index in [-0.39, 0.29) is 11.9 Å². The molecule has 0 radical (unpaired) electrons. The molecule has 0 spiro atoms. The van der Waals surface area contributed by atoms with Crippen LogP contribution in [0.2, 0.25) is 0 Å². The largest absolute Gasteiger partial charge is 0.457 e. The molecule has 1 amide bonds. The minimum atomic E-state index is -0.0490. The number of carbonyl (C=O) groups excluding carboxylic acids is 1. The van der Waals surface area contributed by atoms with Gasteiger partial charge < -0.3 is 15.4 Å². The first-order chi connectivity index (χ1) is 10.8. The minimum Gasteiger partial charge on any atom is -0.457 e. The number of nitrogens with one attached hydrogen (secondary N) is 2. The number of hydrogen-bond acceptors (Lipinski definition) is 4. The van der Waals surface area contributed by atoms with Crippen LogP contribution in [0.3, 0.4) is 0 Å². The second-order valence-electron chi connectivity index (χ2n) is 5.31. The lowest BCUT2D eigenvalue weighted by Crippen LogP contribution is -2.42. The van der Waals surface area contributed by atoms with Crippen molar-refractivity contribution in [2.24, 2.45) is 0 Å². The summed E-state index contributed by atoms with van der Waals surface area (Å²) in [5, 5.41) is 6.37. The van der Waals surface area contributed by atoms with E-state index >= 15 is 0 Å². The van der Waals surface area contributed by atoms with Gasteiger partial charge in [-0.2, -0.15) is 0 Å². The van der Waals surface area contributed by atoms with Crippen LogP contribution in [0.5, 0.6) is 11.5 Å². The van der Waals surface area contributed by atoms with Crippen LogP contribution in [0.1, 0.15) is 23.2 Å². The van der Waals surface area contributed by atoms with Gasteiger partial charge in [-0.15, -0.1) is 0 Å². The van der Waals surface area contributed by atoms with Gasteiger partial charge in [0.1, 0.15) is 11.5 Å². The van der Waals surface area contributed by atoms with E-state index in [9.17, 15) is 4.79 Å². The molecule has 0 unspecified atom stereocenters. The Morgan fingerprint density at radius 2 is 1.91 bits per heavy atom. The van der Waals surface area contributed by atoms with Crippen LogP contribution in [0.4, 0.5) is 0 Å². The lowest BCUT2D eigenvalue weighted by molar-refractivity contribution is 0.0929. The molecular formula is C17H19N3O2. The van der Waals surface area contributed by atoms with E-state index in [0.717, 1.165) is 25.9 Å². The first kappa shape index (κ1) is 14.5. The predicted octanol–water partition coefficient (Wildman–Crippen LogP) is 2.36. The number of benzene rings is 1. The third-order valence-corrected chi connectivity index (χ3v) is 3.66. The van der Waals surface area contributed by atoms with Crippen molar-refractivity contribution < 1.29 is 9.53 Å². The van der Waals surface area contributed by atoms with Crippen LogP contribution in [0, 0.1) is 0 Å². The van der Waals surface area contributed by atoms with Crippen molar-refractivity contribution >= 4 is 5.91 Å². The molecule has 1 aliphatic rings. The molecular weight excluding hydrogens is 278 g/mol. The topological polar surface area (TPSA) is 63.2 Å². The molecule has 0 aliphatic carbocycles. The van der Waals surface area contributed by atoms with E-state index in [0.29, 0.717) is 17.1 Å². The Labute approximate surface area is 129 Å². The van der Waals surface area contributed by atoms with Crippen LogP contribution >= 0.6 is 0 Å². The van der Waals surface area contributed by atoms with Gasteiger partial charge in [-0.3, -0.25) is 9.78 Å². The molecule has 2 aromatic rings. The van der Waals surface area contributed by atoms with Gasteiger partial charge in [0, 0.05) is 24.0 Å². The maximum atomic E-state index is 12.3. The lowest BCUT2D eigenvalue weighted by Gasteiger charge is -2.23. The van der Waals surface area contributed by atoms with Crippen LogP contribution in [-0.4, -0.2) is 30.0 Å². The maximum absolute atomic E-state index is 12.3. The third-order valence-electron chi connectivity index (χ3n) is 3.66. The minimum absolute atomic E-state index is 0.0490. The summed E-state index contributed by atoms with van der Waals surface area (Å²) in [6.07, 6.45) is 5.28. The zero-order valence-corrected chi connectivity index (χ0v) is 12.3. The first-order valence-electron chi connectivity index (χ1n) is 7.51. The zero-order chi connectivity index (χ0) is 15.2. The van der Waals surface area contributed by atoms with E-state index in [1.807, 2.05) is 12.1 Å². The van der Waals surface area contributed by atoms with E-state index in [1.165, 1.54) is 0 Å². The summed E-state index contributed by atoms with van der Waals surface area (Å²) < 4.78 is 5.73. The van der Waals surface area contributed by atoms with E-state index < -0.39 is 0 Å². The summed E-state index contributed by atoms with van der Waals surface area (Å²) >= 11 is 0. The standard InChI is InChI=1S/C17H19N3O2/c21-17(20-14-4-8-18-9-5-14)13-2-1-3-16(12-13)22-15-6-10-19-11-7-15/h1-3,6-7,10-12,14,18H,4-5,8-9H2,(H,20,21). The fourth-order valence-corrected chi connectivity index (χ4v) is 2.48. The second-order valence-corrected chi connectivity index (χ2v) is 5.31. The number of carbonyl (C=O) groups is 1. The molecule has 0 saturated carbocycles. The Hall–Kier alpha value is -2.40. The molecule has 5 nitrogen and oxygen atoms in total. The van der Waals surface area contributed by atoms with E-state index in [1.54, 1.807) is 36.7 Å². The monoisotopic (exact) mass is 297 g/mol. The van der Waals surface area contributed by atoms with Crippen molar-refractivity contribution in [1.82, 2.24) is 15.6 Å². The van der Waals surface area contributed by atoms with Crippen LogP contribution in [0.15, 0.2) is 48.8 Å². The fraction of sp³-hybridized carbons (Fsp3) is 0.294. The maximum Gasteiger partial charge on any atom is 0.251 e. The molecule has 1 aromatic carbocycles. The number of piperidine rings is 1. The van der Waals surface area contributed by atoms with Crippen LogP contribution < -0.4 is 15.4 Å². The lowest BCUT2D eigenvalue weighted by atomic mass is 10.1. The summed E-state index contributed by atoms with van der Waals surface area (Å²) in [6.45, 7) is 1.91. The van der Waals surface area contributed by atoms with Gasteiger partial charge in [0.25, 0.3) is 5.91 Å². The van der Waals surface area contributed by atoms with Crippen molar-refractivity contribution in [3.05, 3.63) is 54.4 Å². The molecule has 3 rings (SSSR count). The van der Waals surface area contributed by atoms with Crippen molar-refractivity contribution in [2.75, 3.05) is 13.1 Å². The second kappa shape index (κ2) is 7.04. The van der Waals surface area contributed by atoms with E-state index in [4.69, 9.17) is 4.74 Å². The van der Waals surface area contributed by atoms with Gasteiger partial charge in [0.2, 0.25) is 0 Å². The summed E-state index contributed by atoms with van der Waals surface area (Å²) in [5.41, 5.74) is 0.616. The van der Waals surface area contributed by atoms with Crippen LogP contribution in [-0.2, 0) is 0 Å². The molecule has 1 aromatic heterocycles.